The molecule has 0 saturated carbocycles. The van der Waals surface area contributed by atoms with Gasteiger partial charge in [-0.15, -0.1) is 0 Å². The van der Waals surface area contributed by atoms with Crippen molar-refractivity contribution in [2.24, 2.45) is 0 Å². The molecule has 0 radical (unpaired) electrons. The van der Waals surface area contributed by atoms with Gasteiger partial charge in [-0.2, -0.15) is 0 Å². The van der Waals surface area contributed by atoms with Crippen LogP contribution < -0.4 is 10.4 Å². The van der Waals surface area contributed by atoms with E-state index in [9.17, 15) is 0 Å². The molecule has 0 unspecified atom stereocenters. The highest BCUT2D eigenvalue weighted by Crippen LogP contribution is 2.36. The van der Waals surface area contributed by atoms with Gasteiger partial charge in [-0.1, -0.05) is 127 Å². The number of hydrogen-bond donors (Lipinski definition) is 0. The molecule has 47 heavy (non-hydrogen) atoms. The third kappa shape index (κ3) is 4.76. The van der Waals surface area contributed by atoms with E-state index in [-0.39, 0.29) is 0 Å². The van der Waals surface area contributed by atoms with E-state index in [0.717, 1.165) is 53.8 Å². The third-order valence-corrected chi connectivity index (χ3v) is 9.70. The van der Waals surface area contributed by atoms with Gasteiger partial charge in [0.05, 0.1) is 11.0 Å². The maximum Gasteiger partial charge on any atom is 0.145 e. The van der Waals surface area contributed by atoms with Gasteiger partial charge in [-0.25, -0.2) is 4.98 Å². The van der Waals surface area contributed by atoms with Crippen molar-refractivity contribution in [2.45, 2.75) is 25.7 Å². The van der Waals surface area contributed by atoms with Gasteiger partial charge in [-0.05, 0) is 111 Å². The summed E-state index contributed by atoms with van der Waals surface area (Å²) in [4.78, 5) is 5.09. The first-order valence-corrected chi connectivity index (χ1v) is 16.7. The minimum Gasteiger partial charge on any atom is -0.292 e. The molecule has 2 nitrogen and oxygen atoms in total. The average molecular weight is 603 g/mol. The number of fused-ring (bicyclic) bond motifs is 3. The van der Waals surface area contributed by atoms with E-state index >= 15 is 0 Å². The molecule has 224 valence electrons. The molecule has 7 aromatic rings. The fourth-order valence-corrected chi connectivity index (χ4v) is 7.53. The van der Waals surface area contributed by atoms with Crippen LogP contribution >= 0.6 is 0 Å². The second kappa shape index (κ2) is 11.6. The van der Waals surface area contributed by atoms with Crippen LogP contribution in [-0.2, 0) is 0 Å². The van der Waals surface area contributed by atoms with E-state index in [0.29, 0.717) is 0 Å². The zero-order valence-corrected chi connectivity index (χ0v) is 26.2. The Bertz CT molecular complexity index is 2480. The maximum absolute atomic E-state index is 5.09. The minimum absolute atomic E-state index is 0.951. The summed E-state index contributed by atoms with van der Waals surface area (Å²) in [6, 6.07) is 45.9. The van der Waals surface area contributed by atoms with Crippen LogP contribution in [0.5, 0.6) is 0 Å². The predicted molar refractivity (Wildman–Crippen MR) is 199 cm³/mol. The molecule has 0 spiro atoms. The summed E-state index contributed by atoms with van der Waals surface area (Å²) in [5.74, 6) is 0.951. The first-order chi connectivity index (χ1) is 23.3. The molecule has 1 aromatic heterocycles. The molecular formula is C45H34N2. The molecule has 2 aliphatic carbocycles. The quantitative estimate of drug-likeness (QED) is 0.192. The summed E-state index contributed by atoms with van der Waals surface area (Å²) in [5, 5.41) is 5.45. The van der Waals surface area contributed by atoms with Gasteiger partial charge >= 0.3 is 0 Å². The molecule has 0 saturated heterocycles. The summed E-state index contributed by atoms with van der Waals surface area (Å²) in [5.41, 5.74) is 12.2. The standard InChI is InChI=1S/C45H34N2/c1-4-14-32(15-5-1)43-37-20-10-11-21-38(37)44(33-16-6-2-7-17-33)40-30-35(28-29-39(40)43)31-24-26-34(27-25-31)45-46-41-22-12-13-23-42(41)47(45)36-18-8-3-9-19-36/h1-4,6-9,12-14,16-30H,5,10-11,15H2. The highest BCUT2D eigenvalue weighted by molar-refractivity contribution is 6.05. The molecule has 0 bridgehead atoms. The molecule has 0 aliphatic heterocycles. The molecular weight excluding hydrogens is 569 g/mol. The number of benzene rings is 6. The summed E-state index contributed by atoms with van der Waals surface area (Å²) >= 11 is 0. The number of nitrogens with zero attached hydrogens (tertiary/aromatic N) is 2. The lowest BCUT2D eigenvalue weighted by atomic mass is 9.83. The van der Waals surface area contributed by atoms with Crippen molar-refractivity contribution in [3.05, 3.63) is 162 Å². The molecule has 0 atom stereocenters. The van der Waals surface area contributed by atoms with E-state index in [1.165, 1.54) is 54.6 Å². The predicted octanol–water partition coefficient (Wildman–Crippen LogP) is 10.3. The monoisotopic (exact) mass is 602 g/mol. The van der Waals surface area contributed by atoms with Gasteiger partial charge < -0.3 is 0 Å². The second-order valence-corrected chi connectivity index (χ2v) is 12.5. The SMILES string of the molecule is C1=CCCC(c2c3c(c(-c4ccccc4)c4cc(-c5ccc(-c6nc7ccccc7n6-c6ccccc6)cc5)ccc24)=CCCC=3)=C1. The Balaban J connectivity index is 1.23. The Hall–Kier alpha value is -5.73. The largest absolute Gasteiger partial charge is 0.292 e. The number of rotatable bonds is 5. The van der Waals surface area contributed by atoms with Gasteiger partial charge in [-0.3, -0.25) is 4.57 Å². The lowest BCUT2D eigenvalue weighted by molar-refractivity contribution is 1.05. The molecule has 0 amide bonds. The van der Waals surface area contributed by atoms with Gasteiger partial charge in [0.1, 0.15) is 5.82 Å². The Morgan fingerprint density at radius 1 is 0.532 bits per heavy atom. The van der Waals surface area contributed by atoms with Crippen LogP contribution in [0, 0.1) is 0 Å². The van der Waals surface area contributed by atoms with Crippen molar-refractivity contribution in [3.8, 4) is 39.3 Å². The highest BCUT2D eigenvalue weighted by atomic mass is 15.1. The van der Waals surface area contributed by atoms with Crippen molar-refractivity contribution < 1.29 is 0 Å². The van der Waals surface area contributed by atoms with Crippen molar-refractivity contribution in [1.29, 1.82) is 0 Å². The van der Waals surface area contributed by atoms with Crippen LogP contribution in [0.3, 0.4) is 0 Å². The Labute approximate surface area is 275 Å². The van der Waals surface area contributed by atoms with Crippen LogP contribution in [0.15, 0.2) is 146 Å². The number of para-hydroxylation sites is 3. The van der Waals surface area contributed by atoms with Crippen LogP contribution in [0.1, 0.15) is 31.2 Å². The van der Waals surface area contributed by atoms with Gasteiger partial charge in [0.25, 0.3) is 0 Å². The lowest BCUT2D eigenvalue weighted by Gasteiger charge is -2.20. The number of imidazole rings is 1. The summed E-state index contributed by atoms with van der Waals surface area (Å²) in [6.45, 7) is 0. The van der Waals surface area contributed by atoms with E-state index in [4.69, 9.17) is 4.98 Å². The molecule has 0 N–H and O–H groups in total. The highest BCUT2D eigenvalue weighted by Gasteiger charge is 2.19. The van der Waals surface area contributed by atoms with Gasteiger partial charge in [0.15, 0.2) is 0 Å². The molecule has 1 heterocycles. The summed E-state index contributed by atoms with van der Waals surface area (Å²) < 4.78 is 2.26. The summed E-state index contributed by atoms with van der Waals surface area (Å²) in [7, 11) is 0. The molecule has 2 heteroatoms. The fourth-order valence-electron chi connectivity index (χ4n) is 7.53. The first-order valence-electron chi connectivity index (χ1n) is 16.7. The Morgan fingerprint density at radius 2 is 1.21 bits per heavy atom. The van der Waals surface area contributed by atoms with Crippen molar-refractivity contribution in [2.75, 3.05) is 0 Å². The fraction of sp³-hybridized carbons (Fsp3) is 0.0889. The average Bonchev–Trinajstić information content (AvgIpc) is 3.54. The van der Waals surface area contributed by atoms with Crippen LogP contribution in [0.25, 0.3) is 78.9 Å². The molecule has 0 fully saturated rings. The Kier molecular flexibility index (Phi) is 6.79. The zero-order valence-electron chi connectivity index (χ0n) is 26.2. The van der Waals surface area contributed by atoms with Crippen molar-refractivity contribution >= 4 is 39.5 Å². The van der Waals surface area contributed by atoms with E-state index in [1.54, 1.807) is 0 Å². The maximum atomic E-state index is 5.09. The van der Waals surface area contributed by atoms with E-state index in [1.807, 2.05) is 0 Å². The van der Waals surface area contributed by atoms with E-state index < -0.39 is 0 Å². The van der Waals surface area contributed by atoms with Crippen LogP contribution in [0.2, 0.25) is 0 Å². The van der Waals surface area contributed by atoms with E-state index in [2.05, 4.69) is 162 Å². The minimum atomic E-state index is 0.951. The summed E-state index contributed by atoms with van der Waals surface area (Å²) in [6.07, 6.45) is 16.1. The Morgan fingerprint density at radius 3 is 1.98 bits per heavy atom. The zero-order chi connectivity index (χ0) is 31.2. The second-order valence-electron chi connectivity index (χ2n) is 12.5. The normalized spacial score (nSPS) is 14.0. The number of hydrogen-bond acceptors (Lipinski definition) is 1. The first kappa shape index (κ1) is 27.6. The topological polar surface area (TPSA) is 17.8 Å². The van der Waals surface area contributed by atoms with Gasteiger partial charge in [0, 0.05) is 11.3 Å². The van der Waals surface area contributed by atoms with Crippen LogP contribution in [0.4, 0.5) is 0 Å². The van der Waals surface area contributed by atoms with Crippen LogP contribution in [-0.4, -0.2) is 9.55 Å². The number of aromatic nitrogens is 2. The number of allylic oxidation sites excluding steroid dienone is 4. The molecule has 2 aliphatic rings. The third-order valence-electron chi connectivity index (χ3n) is 9.70. The van der Waals surface area contributed by atoms with Crippen molar-refractivity contribution in [3.63, 3.8) is 0 Å². The molecule has 9 rings (SSSR count). The van der Waals surface area contributed by atoms with Gasteiger partial charge in [0.2, 0.25) is 0 Å². The smallest absolute Gasteiger partial charge is 0.145 e. The lowest BCUT2D eigenvalue weighted by Crippen LogP contribution is -2.33. The molecule has 6 aromatic carbocycles. The van der Waals surface area contributed by atoms with Crippen molar-refractivity contribution in [1.82, 2.24) is 9.55 Å².